The molecule has 0 saturated carbocycles. The molecular formula is C20H26N4O9. The number of carbonyl (C=O) groups excluding carboxylic acids is 1. The normalized spacial score (nSPS) is 15.7. The Labute approximate surface area is 189 Å². The van der Waals surface area contributed by atoms with Crippen LogP contribution in [0.2, 0.25) is 0 Å². The zero-order valence-electron chi connectivity index (χ0n) is 17.8. The van der Waals surface area contributed by atoms with Crippen molar-refractivity contribution in [2.75, 3.05) is 31.1 Å². The maximum atomic E-state index is 10.9. The first kappa shape index (κ1) is 28.7. The first-order chi connectivity index (χ1) is 15.4. The summed E-state index contributed by atoms with van der Waals surface area (Å²) in [6.07, 6.45) is 4.03. The molecule has 1 aromatic heterocycles. The van der Waals surface area contributed by atoms with E-state index in [9.17, 15) is 24.0 Å². The number of pyridine rings is 1. The van der Waals surface area contributed by atoms with Gasteiger partial charge in [-0.15, -0.1) is 0 Å². The van der Waals surface area contributed by atoms with Crippen LogP contribution in [-0.4, -0.2) is 92.3 Å². The number of carboxylic acid groups (broad SMARTS) is 4. The summed E-state index contributed by atoms with van der Waals surface area (Å²) in [4.78, 5) is 57.8. The standard InChI is InChI=1S/C12H18N4O.2C4H4O4/c1-10-8-16(12-4-2-3-5-14-12)7-6-15(10)9-11(13)17;2*5-3(6)1-2-4(7)8/h2-5,10H,6-9H2,1H3,(H2,13,17);2*1-2H,(H,5,6)(H,7,8)/b;2*2-1+. The van der Waals surface area contributed by atoms with E-state index in [1.165, 1.54) is 0 Å². The lowest BCUT2D eigenvalue weighted by atomic mass is 10.2. The minimum absolute atomic E-state index is 0.261. The average Bonchev–Trinajstić information content (AvgIpc) is 2.73. The summed E-state index contributed by atoms with van der Waals surface area (Å²) in [6, 6.07) is 6.23. The number of piperazine rings is 1. The lowest BCUT2D eigenvalue weighted by Gasteiger charge is -2.39. The molecule has 1 amide bonds. The molecule has 0 aromatic carbocycles. The van der Waals surface area contributed by atoms with Crippen molar-refractivity contribution in [2.45, 2.75) is 13.0 Å². The van der Waals surface area contributed by atoms with Crippen LogP contribution in [0, 0.1) is 0 Å². The topological polar surface area (TPSA) is 212 Å². The summed E-state index contributed by atoms with van der Waals surface area (Å²) in [5.41, 5.74) is 5.22. The minimum atomic E-state index is -1.26. The van der Waals surface area contributed by atoms with Crippen molar-refractivity contribution in [1.82, 2.24) is 9.88 Å². The number of primary amides is 1. The molecule has 0 bridgehead atoms. The maximum Gasteiger partial charge on any atom is 0.328 e. The van der Waals surface area contributed by atoms with Gasteiger partial charge in [-0.1, -0.05) is 6.07 Å². The lowest BCUT2D eigenvalue weighted by molar-refractivity contribution is -0.134. The molecule has 1 unspecified atom stereocenters. The Bertz CT molecular complexity index is 806. The molecule has 33 heavy (non-hydrogen) atoms. The molecule has 1 atom stereocenters. The number of hydrogen-bond donors (Lipinski definition) is 5. The van der Waals surface area contributed by atoms with Gasteiger partial charge in [0, 0.05) is 56.2 Å². The molecule has 0 spiro atoms. The number of anilines is 1. The largest absolute Gasteiger partial charge is 0.478 e. The Hall–Kier alpha value is -4.26. The fourth-order valence-electron chi connectivity index (χ4n) is 2.46. The number of aromatic nitrogens is 1. The van der Waals surface area contributed by atoms with E-state index in [0.29, 0.717) is 36.9 Å². The second kappa shape index (κ2) is 15.5. The van der Waals surface area contributed by atoms with Crippen LogP contribution in [0.4, 0.5) is 5.82 Å². The van der Waals surface area contributed by atoms with E-state index in [1.54, 1.807) is 6.20 Å². The van der Waals surface area contributed by atoms with Crippen molar-refractivity contribution in [2.24, 2.45) is 5.73 Å². The number of carbonyl (C=O) groups is 5. The molecule has 1 aliphatic heterocycles. The molecule has 2 heterocycles. The molecule has 13 nitrogen and oxygen atoms in total. The summed E-state index contributed by atoms with van der Waals surface area (Å²) >= 11 is 0. The second-order valence-electron chi connectivity index (χ2n) is 6.44. The van der Waals surface area contributed by atoms with Gasteiger partial charge >= 0.3 is 23.9 Å². The number of amides is 1. The van der Waals surface area contributed by atoms with Crippen LogP contribution in [0.5, 0.6) is 0 Å². The summed E-state index contributed by atoms with van der Waals surface area (Å²) in [7, 11) is 0. The Morgan fingerprint density at radius 1 is 0.939 bits per heavy atom. The van der Waals surface area contributed by atoms with Gasteiger partial charge in [-0.2, -0.15) is 0 Å². The van der Waals surface area contributed by atoms with Crippen LogP contribution in [-0.2, 0) is 24.0 Å². The van der Waals surface area contributed by atoms with Gasteiger partial charge in [-0.3, -0.25) is 9.69 Å². The predicted molar refractivity (Wildman–Crippen MR) is 116 cm³/mol. The van der Waals surface area contributed by atoms with Crippen molar-refractivity contribution in [3.63, 3.8) is 0 Å². The van der Waals surface area contributed by atoms with E-state index in [1.807, 2.05) is 18.2 Å². The quantitative estimate of drug-likeness (QED) is 0.322. The summed E-state index contributed by atoms with van der Waals surface area (Å²) in [5, 5.41) is 31.2. The number of carboxylic acids is 4. The van der Waals surface area contributed by atoms with E-state index in [4.69, 9.17) is 26.2 Å². The molecule has 180 valence electrons. The maximum absolute atomic E-state index is 10.9. The minimum Gasteiger partial charge on any atom is -0.478 e. The number of rotatable bonds is 7. The van der Waals surface area contributed by atoms with Crippen LogP contribution in [0.25, 0.3) is 0 Å². The highest BCUT2D eigenvalue weighted by Gasteiger charge is 2.25. The molecule has 6 N–H and O–H groups in total. The smallest absolute Gasteiger partial charge is 0.328 e. The highest BCUT2D eigenvalue weighted by atomic mass is 16.4. The Morgan fingerprint density at radius 3 is 1.76 bits per heavy atom. The van der Waals surface area contributed by atoms with Crippen LogP contribution in [0.1, 0.15) is 6.92 Å². The summed E-state index contributed by atoms with van der Waals surface area (Å²) < 4.78 is 0. The number of nitrogens with zero attached hydrogens (tertiary/aromatic N) is 3. The number of aliphatic carboxylic acids is 4. The molecule has 1 aromatic rings. The third kappa shape index (κ3) is 15.2. The van der Waals surface area contributed by atoms with E-state index in [0.717, 1.165) is 25.5 Å². The molecule has 1 fully saturated rings. The predicted octanol–water partition coefficient (Wildman–Crippen LogP) is -0.499. The van der Waals surface area contributed by atoms with Crippen LogP contribution in [0.3, 0.4) is 0 Å². The fourth-order valence-corrected chi connectivity index (χ4v) is 2.46. The monoisotopic (exact) mass is 466 g/mol. The third-order valence-electron chi connectivity index (χ3n) is 3.83. The molecular weight excluding hydrogens is 440 g/mol. The molecule has 0 radical (unpaired) electrons. The van der Waals surface area contributed by atoms with Gasteiger partial charge in [0.25, 0.3) is 0 Å². The van der Waals surface area contributed by atoms with Crippen molar-refractivity contribution >= 4 is 35.6 Å². The van der Waals surface area contributed by atoms with Crippen molar-refractivity contribution in [3.05, 3.63) is 48.7 Å². The SMILES string of the molecule is CC1CN(c2ccccn2)CCN1CC(N)=O.O=C(O)/C=C/C(=O)O.O=C(O)/C=C/C(=O)O. The zero-order chi connectivity index (χ0) is 25.4. The van der Waals surface area contributed by atoms with E-state index < -0.39 is 23.9 Å². The summed E-state index contributed by atoms with van der Waals surface area (Å²) in [6.45, 7) is 5.06. The van der Waals surface area contributed by atoms with Gasteiger partial charge < -0.3 is 31.1 Å². The molecule has 1 aliphatic rings. The Kier molecular flexibility index (Phi) is 13.5. The van der Waals surface area contributed by atoms with Crippen molar-refractivity contribution in [1.29, 1.82) is 0 Å². The van der Waals surface area contributed by atoms with Crippen LogP contribution < -0.4 is 10.6 Å². The molecule has 13 heteroatoms. The number of nitrogens with two attached hydrogens (primary N) is 1. The second-order valence-corrected chi connectivity index (χ2v) is 6.44. The van der Waals surface area contributed by atoms with E-state index >= 15 is 0 Å². The first-order valence-corrected chi connectivity index (χ1v) is 9.38. The molecule has 1 saturated heterocycles. The van der Waals surface area contributed by atoms with E-state index in [-0.39, 0.29) is 5.91 Å². The van der Waals surface area contributed by atoms with Crippen molar-refractivity contribution < 1.29 is 44.4 Å². The Balaban J connectivity index is 0.000000539. The fraction of sp³-hybridized carbons (Fsp3) is 0.300. The first-order valence-electron chi connectivity index (χ1n) is 9.38. The Morgan fingerprint density at radius 2 is 1.42 bits per heavy atom. The van der Waals surface area contributed by atoms with Gasteiger partial charge in [-0.05, 0) is 19.1 Å². The van der Waals surface area contributed by atoms with Gasteiger partial charge in [0.15, 0.2) is 0 Å². The van der Waals surface area contributed by atoms with Crippen molar-refractivity contribution in [3.8, 4) is 0 Å². The van der Waals surface area contributed by atoms with Gasteiger partial charge in [0.1, 0.15) is 5.82 Å². The highest BCUT2D eigenvalue weighted by Crippen LogP contribution is 2.15. The zero-order valence-corrected chi connectivity index (χ0v) is 17.8. The van der Waals surface area contributed by atoms with Gasteiger partial charge in [-0.25, -0.2) is 24.2 Å². The van der Waals surface area contributed by atoms with E-state index in [2.05, 4.69) is 21.7 Å². The van der Waals surface area contributed by atoms with Crippen LogP contribution in [0.15, 0.2) is 48.7 Å². The highest BCUT2D eigenvalue weighted by molar-refractivity contribution is 5.90. The number of hydrogen-bond acceptors (Lipinski definition) is 8. The lowest BCUT2D eigenvalue weighted by Crippen LogP contribution is -2.54. The third-order valence-corrected chi connectivity index (χ3v) is 3.83. The van der Waals surface area contributed by atoms with Gasteiger partial charge in [0.2, 0.25) is 5.91 Å². The molecule has 2 rings (SSSR count). The summed E-state index contributed by atoms with van der Waals surface area (Å²) in [5.74, 6) is -4.29. The van der Waals surface area contributed by atoms with Crippen LogP contribution >= 0.6 is 0 Å². The molecule has 0 aliphatic carbocycles. The van der Waals surface area contributed by atoms with Gasteiger partial charge in [0.05, 0.1) is 6.54 Å². The average molecular weight is 466 g/mol.